The fraction of sp³-hybridized carbons (Fsp3) is 0.556. The molecule has 0 aromatic rings. The molecule has 1 aliphatic rings. The van der Waals surface area contributed by atoms with Gasteiger partial charge in [0.15, 0.2) is 0 Å². The Bertz CT molecular complexity index is 166. The van der Waals surface area contributed by atoms with E-state index in [1.165, 1.54) is 5.57 Å². The first-order valence-corrected chi connectivity index (χ1v) is 4.68. The van der Waals surface area contributed by atoms with Crippen molar-refractivity contribution in [1.82, 2.24) is 0 Å². The number of thioether (sulfide) groups is 1. The summed E-state index contributed by atoms with van der Waals surface area (Å²) >= 11 is 1.91. The average Bonchev–Trinajstić information content (AvgIpc) is 1.88. The summed E-state index contributed by atoms with van der Waals surface area (Å²) in [7, 11) is 0. The number of hydrogen-bond acceptors (Lipinski definition) is 1. The van der Waals surface area contributed by atoms with Gasteiger partial charge in [0.05, 0.1) is 0 Å². The summed E-state index contributed by atoms with van der Waals surface area (Å²) in [5, 5.41) is 2.94. The van der Waals surface area contributed by atoms with Crippen LogP contribution < -0.4 is 0 Å². The summed E-state index contributed by atoms with van der Waals surface area (Å²) in [6, 6.07) is 0. The van der Waals surface area contributed by atoms with Crippen LogP contribution in [0, 0.1) is 5.92 Å². The van der Waals surface area contributed by atoms with Gasteiger partial charge < -0.3 is 0 Å². The highest BCUT2D eigenvalue weighted by atomic mass is 32.2. The van der Waals surface area contributed by atoms with Crippen LogP contribution in [0.5, 0.6) is 0 Å². The molecule has 1 rings (SSSR count). The van der Waals surface area contributed by atoms with Gasteiger partial charge in [-0.15, -0.1) is 11.8 Å². The second-order valence-corrected chi connectivity index (χ2v) is 4.22. The zero-order valence-electron chi connectivity index (χ0n) is 6.79. The molecule has 0 saturated heterocycles. The summed E-state index contributed by atoms with van der Waals surface area (Å²) in [5.74, 6) is 0.677. The van der Waals surface area contributed by atoms with Gasteiger partial charge in [0.1, 0.15) is 0 Å². The van der Waals surface area contributed by atoms with Gasteiger partial charge in [-0.3, -0.25) is 0 Å². The molecular weight excluding hydrogens is 140 g/mol. The van der Waals surface area contributed by atoms with Crippen molar-refractivity contribution in [2.24, 2.45) is 5.92 Å². The largest absolute Gasteiger partial charge is 0.127 e. The molecule has 0 aromatic carbocycles. The summed E-state index contributed by atoms with van der Waals surface area (Å²) in [6.45, 7) is 6.67. The summed E-state index contributed by atoms with van der Waals surface area (Å²) in [5.41, 5.74) is 1.46. The smallest absolute Gasteiger partial charge is 0.0243 e. The quantitative estimate of drug-likeness (QED) is 0.559. The third-order valence-electron chi connectivity index (χ3n) is 1.65. The molecule has 0 N–H and O–H groups in total. The molecule has 0 unspecified atom stereocenters. The fourth-order valence-electron chi connectivity index (χ4n) is 0.846. The topological polar surface area (TPSA) is 0 Å². The van der Waals surface area contributed by atoms with Gasteiger partial charge >= 0.3 is 0 Å². The molecule has 10 heavy (non-hydrogen) atoms. The lowest BCUT2D eigenvalue weighted by Crippen LogP contribution is -1.98. The van der Waals surface area contributed by atoms with E-state index in [-0.39, 0.29) is 0 Å². The number of allylic oxidation sites excluding steroid dienone is 2. The average molecular weight is 154 g/mol. The summed E-state index contributed by atoms with van der Waals surface area (Å²) in [6.07, 6.45) is 4.51. The molecule has 0 nitrogen and oxygen atoms in total. The highest BCUT2D eigenvalue weighted by Crippen LogP contribution is 2.25. The van der Waals surface area contributed by atoms with E-state index >= 15 is 0 Å². The number of rotatable bonds is 1. The Morgan fingerprint density at radius 3 is 2.60 bits per heavy atom. The van der Waals surface area contributed by atoms with Gasteiger partial charge in [0, 0.05) is 5.25 Å². The molecule has 0 spiro atoms. The molecule has 0 fully saturated rings. The highest BCUT2D eigenvalue weighted by molar-refractivity contribution is 8.02. The molecule has 1 atom stereocenters. The Kier molecular flexibility index (Phi) is 2.61. The van der Waals surface area contributed by atoms with E-state index in [0.29, 0.717) is 11.2 Å². The van der Waals surface area contributed by atoms with Gasteiger partial charge in [-0.05, 0) is 23.8 Å². The predicted molar refractivity (Wildman–Crippen MR) is 49.1 cm³/mol. The van der Waals surface area contributed by atoms with E-state index in [1.807, 2.05) is 11.8 Å². The lowest BCUT2D eigenvalue weighted by Gasteiger charge is -2.13. The van der Waals surface area contributed by atoms with Crippen LogP contribution in [0.3, 0.4) is 0 Å². The van der Waals surface area contributed by atoms with Crippen LogP contribution in [0.15, 0.2) is 23.1 Å². The second kappa shape index (κ2) is 3.29. The third-order valence-corrected chi connectivity index (χ3v) is 2.64. The van der Waals surface area contributed by atoms with Crippen molar-refractivity contribution in [2.75, 3.05) is 0 Å². The molecule has 0 radical (unpaired) electrons. The first-order chi connectivity index (χ1) is 4.70. The molecule has 56 valence electrons. The molecule has 0 bridgehead atoms. The Hall–Kier alpha value is -0.170. The summed E-state index contributed by atoms with van der Waals surface area (Å²) in [4.78, 5) is 0. The van der Waals surface area contributed by atoms with Crippen LogP contribution in [-0.2, 0) is 0 Å². The Morgan fingerprint density at radius 1 is 1.50 bits per heavy atom. The monoisotopic (exact) mass is 154 g/mol. The van der Waals surface area contributed by atoms with Crippen LogP contribution in [0.2, 0.25) is 0 Å². The van der Waals surface area contributed by atoms with Crippen LogP contribution in [0.1, 0.15) is 20.8 Å². The van der Waals surface area contributed by atoms with Gasteiger partial charge in [-0.25, -0.2) is 0 Å². The van der Waals surface area contributed by atoms with Crippen LogP contribution >= 0.6 is 11.8 Å². The summed E-state index contributed by atoms with van der Waals surface area (Å²) < 4.78 is 0. The standard InChI is InChI=1S/C9H14S/c1-7(2)9-5-4-8(3)10-6-9/h4-8H,1-3H3/t8-/m0/s1. The first kappa shape index (κ1) is 7.93. The van der Waals surface area contributed by atoms with Gasteiger partial charge in [0.2, 0.25) is 0 Å². The zero-order valence-corrected chi connectivity index (χ0v) is 7.61. The van der Waals surface area contributed by atoms with Crippen LogP contribution in [0.25, 0.3) is 0 Å². The van der Waals surface area contributed by atoms with Gasteiger partial charge in [-0.1, -0.05) is 26.0 Å². The van der Waals surface area contributed by atoms with Gasteiger partial charge in [0.25, 0.3) is 0 Å². The molecule has 1 aliphatic heterocycles. The second-order valence-electron chi connectivity index (χ2n) is 2.97. The Labute approximate surface area is 67.4 Å². The number of hydrogen-bond donors (Lipinski definition) is 0. The van der Waals surface area contributed by atoms with E-state index in [2.05, 4.69) is 38.3 Å². The lowest BCUT2D eigenvalue weighted by molar-refractivity contribution is 0.792. The van der Waals surface area contributed by atoms with Gasteiger partial charge in [-0.2, -0.15) is 0 Å². The zero-order chi connectivity index (χ0) is 7.56. The van der Waals surface area contributed by atoms with E-state index in [0.717, 1.165) is 0 Å². The van der Waals surface area contributed by atoms with E-state index in [4.69, 9.17) is 0 Å². The minimum atomic E-state index is 0.669. The van der Waals surface area contributed by atoms with Crippen molar-refractivity contribution in [3.8, 4) is 0 Å². The van der Waals surface area contributed by atoms with Crippen molar-refractivity contribution in [3.05, 3.63) is 23.1 Å². The third kappa shape index (κ3) is 1.91. The fourth-order valence-corrected chi connectivity index (χ4v) is 1.74. The molecule has 0 aromatic heterocycles. The SMILES string of the molecule is CC(C)C1=CS[C@@H](C)C=C1. The van der Waals surface area contributed by atoms with Crippen molar-refractivity contribution < 1.29 is 0 Å². The van der Waals surface area contributed by atoms with E-state index in [1.54, 1.807) is 0 Å². The molecule has 0 aliphatic carbocycles. The minimum absolute atomic E-state index is 0.669. The van der Waals surface area contributed by atoms with Crippen molar-refractivity contribution in [1.29, 1.82) is 0 Å². The minimum Gasteiger partial charge on any atom is -0.127 e. The van der Waals surface area contributed by atoms with Crippen LogP contribution in [-0.4, -0.2) is 5.25 Å². The molecule has 1 heteroatoms. The Balaban J connectivity index is 2.59. The predicted octanol–water partition coefficient (Wildman–Crippen LogP) is 3.22. The van der Waals surface area contributed by atoms with E-state index < -0.39 is 0 Å². The first-order valence-electron chi connectivity index (χ1n) is 3.74. The lowest BCUT2D eigenvalue weighted by atomic mass is 10.0. The molecular formula is C9H14S. The normalized spacial score (nSPS) is 25.2. The van der Waals surface area contributed by atoms with Crippen molar-refractivity contribution >= 4 is 11.8 Å². The van der Waals surface area contributed by atoms with E-state index in [9.17, 15) is 0 Å². The highest BCUT2D eigenvalue weighted by Gasteiger charge is 2.05. The maximum Gasteiger partial charge on any atom is 0.0243 e. The molecule has 1 heterocycles. The molecule has 0 saturated carbocycles. The Morgan fingerprint density at radius 2 is 2.20 bits per heavy atom. The maximum absolute atomic E-state index is 2.27. The molecule has 0 amide bonds. The van der Waals surface area contributed by atoms with Crippen molar-refractivity contribution in [3.63, 3.8) is 0 Å². The van der Waals surface area contributed by atoms with Crippen LogP contribution in [0.4, 0.5) is 0 Å². The maximum atomic E-state index is 2.27. The van der Waals surface area contributed by atoms with Crippen molar-refractivity contribution in [2.45, 2.75) is 26.0 Å².